The van der Waals surface area contributed by atoms with Crippen LogP contribution in [-0.4, -0.2) is 17.9 Å². The van der Waals surface area contributed by atoms with Crippen LogP contribution in [-0.2, 0) is 4.79 Å². The minimum atomic E-state index is -0.746. The van der Waals surface area contributed by atoms with E-state index in [1.807, 2.05) is 0 Å². The molecule has 7 heteroatoms. The standard InChI is InChI=1S/C16H14BrClN2O3/c1-9(23-14-7-4-11(17)8-13(14)18)16(22)20-12-5-2-10(3-6-12)15(19)21/h2-9H,1H3,(H2,19,21)(H,20,22)/t9-/m1/s1. The molecule has 5 nitrogen and oxygen atoms in total. The summed E-state index contributed by atoms with van der Waals surface area (Å²) in [5.74, 6) is -0.443. The Balaban J connectivity index is 2.00. The number of amides is 2. The van der Waals surface area contributed by atoms with Gasteiger partial charge in [0.05, 0.1) is 5.02 Å². The van der Waals surface area contributed by atoms with Crippen molar-refractivity contribution in [3.8, 4) is 5.75 Å². The minimum absolute atomic E-state index is 0.337. The van der Waals surface area contributed by atoms with Crippen LogP contribution < -0.4 is 15.8 Å². The molecule has 2 amide bonds. The lowest BCUT2D eigenvalue weighted by molar-refractivity contribution is -0.122. The summed E-state index contributed by atoms with van der Waals surface area (Å²) in [5, 5.41) is 3.10. The molecule has 0 saturated carbocycles. The molecular weight excluding hydrogens is 384 g/mol. The molecule has 0 radical (unpaired) electrons. The molecule has 0 heterocycles. The Morgan fingerprint density at radius 2 is 1.87 bits per heavy atom. The van der Waals surface area contributed by atoms with Crippen LogP contribution in [0.1, 0.15) is 17.3 Å². The molecule has 0 aromatic heterocycles. The molecule has 2 aromatic rings. The molecule has 23 heavy (non-hydrogen) atoms. The summed E-state index contributed by atoms with van der Waals surface area (Å²) >= 11 is 9.35. The fourth-order valence-corrected chi connectivity index (χ4v) is 2.49. The summed E-state index contributed by atoms with van der Waals surface area (Å²) in [4.78, 5) is 23.1. The van der Waals surface area contributed by atoms with Gasteiger partial charge in [0, 0.05) is 15.7 Å². The van der Waals surface area contributed by atoms with E-state index < -0.39 is 12.0 Å². The van der Waals surface area contributed by atoms with Crippen LogP contribution in [0.2, 0.25) is 5.02 Å². The molecule has 0 unspecified atom stereocenters. The second kappa shape index (κ2) is 7.48. The van der Waals surface area contributed by atoms with Crippen molar-refractivity contribution in [2.45, 2.75) is 13.0 Å². The number of primary amides is 1. The Kier molecular flexibility index (Phi) is 5.63. The molecule has 3 N–H and O–H groups in total. The lowest BCUT2D eigenvalue weighted by atomic mass is 10.2. The van der Waals surface area contributed by atoms with E-state index in [1.165, 1.54) is 12.1 Å². The van der Waals surface area contributed by atoms with Crippen LogP contribution in [0.4, 0.5) is 5.69 Å². The third-order valence-electron chi connectivity index (χ3n) is 3.00. The molecule has 0 aliphatic carbocycles. The third-order valence-corrected chi connectivity index (χ3v) is 3.79. The average Bonchev–Trinajstić information content (AvgIpc) is 2.50. The molecule has 1 atom stereocenters. The molecule has 0 aliphatic heterocycles. The maximum absolute atomic E-state index is 12.1. The highest BCUT2D eigenvalue weighted by atomic mass is 79.9. The molecule has 0 bridgehead atoms. The quantitative estimate of drug-likeness (QED) is 0.808. The number of nitrogens with one attached hydrogen (secondary N) is 1. The number of nitrogens with two attached hydrogens (primary N) is 1. The Bertz CT molecular complexity index is 735. The van der Waals surface area contributed by atoms with E-state index in [-0.39, 0.29) is 5.91 Å². The van der Waals surface area contributed by atoms with Gasteiger partial charge in [0.2, 0.25) is 5.91 Å². The maximum atomic E-state index is 12.1. The number of carbonyl (C=O) groups excluding carboxylic acids is 2. The van der Waals surface area contributed by atoms with Gasteiger partial charge in [0.1, 0.15) is 5.75 Å². The van der Waals surface area contributed by atoms with Crippen molar-refractivity contribution >= 4 is 45.0 Å². The van der Waals surface area contributed by atoms with Gasteiger partial charge in [-0.1, -0.05) is 27.5 Å². The number of rotatable bonds is 5. The SMILES string of the molecule is C[C@@H](Oc1ccc(Br)cc1Cl)C(=O)Nc1ccc(C(N)=O)cc1. The second-order valence-electron chi connectivity index (χ2n) is 4.77. The zero-order valence-electron chi connectivity index (χ0n) is 12.2. The minimum Gasteiger partial charge on any atom is -0.479 e. The van der Waals surface area contributed by atoms with Crippen molar-refractivity contribution in [1.29, 1.82) is 0 Å². The number of halogens is 2. The highest BCUT2D eigenvalue weighted by molar-refractivity contribution is 9.10. The van der Waals surface area contributed by atoms with E-state index in [9.17, 15) is 9.59 Å². The summed E-state index contributed by atoms with van der Waals surface area (Å²) < 4.78 is 6.38. The highest BCUT2D eigenvalue weighted by Crippen LogP contribution is 2.28. The van der Waals surface area contributed by atoms with Crippen molar-refractivity contribution in [1.82, 2.24) is 0 Å². The number of benzene rings is 2. The van der Waals surface area contributed by atoms with Gasteiger partial charge in [-0.05, 0) is 49.4 Å². The largest absolute Gasteiger partial charge is 0.479 e. The smallest absolute Gasteiger partial charge is 0.265 e. The summed E-state index contributed by atoms with van der Waals surface area (Å²) in [6.07, 6.45) is -0.746. The monoisotopic (exact) mass is 396 g/mol. The van der Waals surface area contributed by atoms with Gasteiger partial charge in [0.15, 0.2) is 6.10 Å². The van der Waals surface area contributed by atoms with Gasteiger partial charge in [0.25, 0.3) is 5.91 Å². The first kappa shape index (κ1) is 17.3. The lowest BCUT2D eigenvalue weighted by Gasteiger charge is -2.16. The van der Waals surface area contributed by atoms with Crippen molar-refractivity contribution in [3.05, 3.63) is 57.5 Å². The number of hydrogen-bond acceptors (Lipinski definition) is 3. The van der Waals surface area contributed by atoms with Crippen LogP contribution in [0.25, 0.3) is 0 Å². The first-order valence-corrected chi connectivity index (χ1v) is 7.86. The zero-order chi connectivity index (χ0) is 17.0. The second-order valence-corrected chi connectivity index (χ2v) is 6.09. The van der Waals surface area contributed by atoms with Gasteiger partial charge in [-0.15, -0.1) is 0 Å². The van der Waals surface area contributed by atoms with Gasteiger partial charge in [-0.3, -0.25) is 9.59 Å². The number of carbonyl (C=O) groups is 2. The molecule has 0 fully saturated rings. The van der Waals surface area contributed by atoms with E-state index in [0.29, 0.717) is 22.0 Å². The Morgan fingerprint density at radius 3 is 2.43 bits per heavy atom. The van der Waals surface area contributed by atoms with Crippen LogP contribution in [0.5, 0.6) is 5.75 Å². The Morgan fingerprint density at radius 1 is 1.22 bits per heavy atom. The van der Waals surface area contributed by atoms with E-state index in [0.717, 1.165) is 4.47 Å². The average molecular weight is 398 g/mol. The lowest BCUT2D eigenvalue weighted by Crippen LogP contribution is -2.30. The summed E-state index contributed by atoms with van der Waals surface area (Å²) in [5.41, 5.74) is 6.07. The van der Waals surface area contributed by atoms with Gasteiger partial charge in [-0.2, -0.15) is 0 Å². The number of hydrogen-bond donors (Lipinski definition) is 2. The third kappa shape index (κ3) is 4.71. The molecule has 0 saturated heterocycles. The number of ether oxygens (including phenoxy) is 1. The maximum Gasteiger partial charge on any atom is 0.265 e. The first-order chi connectivity index (χ1) is 10.9. The van der Waals surface area contributed by atoms with E-state index >= 15 is 0 Å². The summed E-state index contributed by atoms with van der Waals surface area (Å²) in [6, 6.07) is 11.4. The normalized spacial score (nSPS) is 11.6. The molecule has 2 aromatic carbocycles. The topological polar surface area (TPSA) is 81.4 Å². The predicted octanol–water partition coefficient (Wildman–Crippen LogP) is 3.61. The fourth-order valence-electron chi connectivity index (χ4n) is 1.78. The predicted molar refractivity (Wildman–Crippen MR) is 92.8 cm³/mol. The van der Waals surface area contributed by atoms with Crippen molar-refractivity contribution in [3.63, 3.8) is 0 Å². The number of anilines is 1. The van der Waals surface area contributed by atoms with E-state index in [4.69, 9.17) is 22.1 Å². The summed E-state index contributed by atoms with van der Waals surface area (Å²) in [7, 11) is 0. The zero-order valence-corrected chi connectivity index (χ0v) is 14.5. The van der Waals surface area contributed by atoms with Gasteiger partial charge >= 0.3 is 0 Å². The van der Waals surface area contributed by atoms with E-state index in [2.05, 4.69) is 21.2 Å². The van der Waals surface area contributed by atoms with Crippen LogP contribution in [0.3, 0.4) is 0 Å². The van der Waals surface area contributed by atoms with Crippen molar-refractivity contribution in [2.24, 2.45) is 5.73 Å². The van der Waals surface area contributed by atoms with Crippen LogP contribution in [0, 0.1) is 0 Å². The molecule has 0 spiro atoms. The molecule has 120 valence electrons. The van der Waals surface area contributed by atoms with Crippen LogP contribution in [0.15, 0.2) is 46.9 Å². The summed E-state index contributed by atoms with van der Waals surface area (Å²) in [6.45, 7) is 1.62. The Hall–Kier alpha value is -2.05. The van der Waals surface area contributed by atoms with Gasteiger partial charge in [-0.25, -0.2) is 0 Å². The van der Waals surface area contributed by atoms with Crippen molar-refractivity contribution in [2.75, 3.05) is 5.32 Å². The van der Waals surface area contributed by atoms with Crippen LogP contribution >= 0.6 is 27.5 Å². The highest BCUT2D eigenvalue weighted by Gasteiger charge is 2.16. The first-order valence-electron chi connectivity index (χ1n) is 6.69. The fraction of sp³-hybridized carbons (Fsp3) is 0.125. The van der Waals surface area contributed by atoms with Gasteiger partial charge < -0.3 is 15.8 Å². The molecule has 2 rings (SSSR count). The Labute approximate surface area is 146 Å². The van der Waals surface area contributed by atoms with Crippen molar-refractivity contribution < 1.29 is 14.3 Å². The van der Waals surface area contributed by atoms with E-state index in [1.54, 1.807) is 37.3 Å². The molecule has 0 aliphatic rings. The molecular formula is C16H14BrClN2O3.